The second-order valence-corrected chi connectivity index (χ2v) is 3.71. The van der Waals surface area contributed by atoms with Gasteiger partial charge in [0.2, 0.25) is 0 Å². The van der Waals surface area contributed by atoms with E-state index in [1.54, 1.807) is 12.1 Å². The van der Waals surface area contributed by atoms with Crippen LogP contribution < -0.4 is 15.8 Å². The first-order valence-corrected chi connectivity index (χ1v) is 5.28. The number of nitrogens with two attached hydrogens (primary N) is 1. The number of hydrogen-bond donors (Lipinski definition) is 3. The number of rotatable bonds is 4. The van der Waals surface area contributed by atoms with Crippen LogP contribution in [-0.2, 0) is 4.74 Å². The summed E-state index contributed by atoms with van der Waals surface area (Å²) < 4.78 is 10.0. The maximum Gasteiger partial charge on any atom is 0.404 e. The minimum absolute atomic E-state index is 0.0436. The van der Waals surface area contributed by atoms with Gasteiger partial charge in [-0.25, -0.2) is 4.79 Å². The minimum atomic E-state index is -0.778. The Hall–Kier alpha value is -1.95. The number of aromatic hydroxyl groups is 1. The van der Waals surface area contributed by atoms with Crippen LogP contribution in [0.15, 0.2) is 18.2 Å². The first kappa shape index (κ1) is 11.5. The molecule has 1 atom stereocenters. The summed E-state index contributed by atoms with van der Waals surface area (Å²) in [5, 5.41) is 12.5. The zero-order chi connectivity index (χ0) is 12.3. The van der Waals surface area contributed by atoms with Crippen molar-refractivity contribution in [2.75, 3.05) is 19.8 Å². The topological polar surface area (TPSA) is 93.8 Å². The van der Waals surface area contributed by atoms with E-state index in [1.807, 2.05) is 6.07 Å². The van der Waals surface area contributed by atoms with Crippen molar-refractivity contribution in [1.29, 1.82) is 0 Å². The van der Waals surface area contributed by atoms with E-state index in [1.165, 1.54) is 0 Å². The second kappa shape index (κ2) is 4.92. The molecule has 6 nitrogen and oxygen atoms in total. The number of ether oxygens (including phenoxy) is 2. The number of carbonyl (C=O) groups is 1. The maximum absolute atomic E-state index is 10.4. The molecular weight excluding hydrogens is 224 g/mol. The maximum atomic E-state index is 10.4. The smallest absolute Gasteiger partial charge is 0.404 e. The fourth-order valence-electron chi connectivity index (χ4n) is 1.75. The number of carbonyl (C=O) groups excluding carboxylic acids is 1. The van der Waals surface area contributed by atoms with Gasteiger partial charge in [-0.15, -0.1) is 0 Å². The SMILES string of the molecule is NC(=O)OCCNC1COc2cc(O)ccc21. The first-order chi connectivity index (χ1) is 8.16. The molecule has 1 amide bonds. The highest BCUT2D eigenvalue weighted by atomic mass is 16.5. The molecule has 0 radical (unpaired) electrons. The minimum Gasteiger partial charge on any atom is -0.508 e. The predicted molar refractivity (Wildman–Crippen MR) is 59.9 cm³/mol. The van der Waals surface area contributed by atoms with Crippen LogP contribution in [0.1, 0.15) is 11.6 Å². The van der Waals surface area contributed by atoms with Crippen molar-refractivity contribution in [2.24, 2.45) is 5.73 Å². The largest absolute Gasteiger partial charge is 0.508 e. The van der Waals surface area contributed by atoms with Crippen LogP contribution >= 0.6 is 0 Å². The highest BCUT2D eigenvalue weighted by molar-refractivity contribution is 5.64. The molecule has 0 bridgehead atoms. The summed E-state index contributed by atoms with van der Waals surface area (Å²) in [4.78, 5) is 10.4. The highest BCUT2D eigenvalue weighted by Gasteiger charge is 2.23. The number of fused-ring (bicyclic) bond motifs is 1. The molecule has 0 fully saturated rings. The lowest BCUT2D eigenvalue weighted by Gasteiger charge is -2.11. The molecule has 1 heterocycles. The van der Waals surface area contributed by atoms with E-state index in [2.05, 4.69) is 10.1 Å². The van der Waals surface area contributed by atoms with Crippen LogP contribution in [0.4, 0.5) is 4.79 Å². The molecule has 0 saturated carbocycles. The van der Waals surface area contributed by atoms with Crippen LogP contribution in [0, 0.1) is 0 Å². The molecule has 0 aromatic heterocycles. The van der Waals surface area contributed by atoms with Crippen LogP contribution in [0.2, 0.25) is 0 Å². The third-order valence-electron chi connectivity index (χ3n) is 2.52. The number of hydrogen-bond acceptors (Lipinski definition) is 5. The van der Waals surface area contributed by atoms with Crippen molar-refractivity contribution in [3.8, 4) is 11.5 Å². The van der Waals surface area contributed by atoms with Gasteiger partial charge in [-0.2, -0.15) is 0 Å². The van der Waals surface area contributed by atoms with Crippen molar-refractivity contribution in [1.82, 2.24) is 5.32 Å². The van der Waals surface area contributed by atoms with E-state index in [0.717, 1.165) is 5.56 Å². The summed E-state index contributed by atoms with van der Waals surface area (Å²) in [6.45, 7) is 1.21. The zero-order valence-corrected chi connectivity index (χ0v) is 9.18. The van der Waals surface area contributed by atoms with E-state index in [4.69, 9.17) is 10.5 Å². The molecule has 1 aliphatic rings. The Balaban J connectivity index is 1.87. The molecule has 0 aliphatic carbocycles. The molecular formula is C11H14N2O4. The molecule has 1 aliphatic heterocycles. The van der Waals surface area contributed by atoms with Gasteiger partial charge < -0.3 is 25.6 Å². The zero-order valence-electron chi connectivity index (χ0n) is 9.18. The predicted octanol–water partition coefficient (Wildman–Crippen LogP) is 0.511. The Labute approximate surface area is 98.3 Å². The van der Waals surface area contributed by atoms with E-state index in [9.17, 15) is 9.90 Å². The summed E-state index contributed by atoms with van der Waals surface area (Å²) in [5.41, 5.74) is 5.83. The number of phenols is 1. The second-order valence-electron chi connectivity index (χ2n) is 3.71. The Morgan fingerprint density at radius 1 is 1.65 bits per heavy atom. The Morgan fingerprint density at radius 3 is 3.24 bits per heavy atom. The van der Waals surface area contributed by atoms with E-state index in [-0.39, 0.29) is 18.4 Å². The Kier molecular flexibility index (Phi) is 3.34. The molecule has 92 valence electrons. The van der Waals surface area contributed by atoms with E-state index in [0.29, 0.717) is 18.9 Å². The van der Waals surface area contributed by atoms with Gasteiger partial charge in [0.05, 0.1) is 6.04 Å². The fourth-order valence-corrected chi connectivity index (χ4v) is 1.75. The molecule has 0 saturated heterocycles. The van der Waals surface area contributed by atoms with Crippen molar-refractivity contribution >= 4 is 6.09 Å². The van der Waals surface area contributed by atoms with Crippen molar-refractivity contribution < 1.29 is 19.4 Å². The van der Waals surface area contributed by atoms with Crippen LogP contribution in [0.5, 0.6) is 11.5 Å². The number of benzene rings is 1. The molecule has 1 unspecified atom stereocenters. The fraction of sp³-hybridized carbons (Fsp3) is 0.364. The van der Waals surface area contributed by atoms with Crippen LogP contribution in [0.25, 0.3) is 0 Å². The van der Waals surface area contributed by atoms with E-state index >= 15 is 0 Å². The van der Waals surface area contributed by atoms with Crippen molar-refractivity contribution in [2.45, 2.75) is 6.04 Å². The number of primary amides is 1. The number of phenolic OH excluding ortho intramolecular Hbond substituents is 1. The van der Waals surface area contributed by atoms with E-state index < -0.39 is 6.09 Å². The summed E-state index contributed by atoms with van der Waals surface area (Å²) in [7, 11) is 0. The average Bonchev–Trinajstić information content (AvgIpc) is 2.66. The van der Waals surface area contributed by atoms with Gasteiger partial charge in [0.15, 0.2) is 0 Å². The number of amides is 1. The molecule has 6 heteroatoms. The standard InChI is InChI=1S/C11H14N2O4/c12-11(15)16-4-3-13-9-6-17-10-5-7(14)1-2-8(9)10/h1-2,5,9,13-14H,3-4,6H2,(H2,12,15). The quantitative estimate of drug-likeness (QED) is 0.664. The van der Waals surface area contributed by atoms with Crippen LogP contribution in [-0.4, -0.2) is 31.0 Å². The summed E-state index contributed by atoms with van der Waals surface area (Å²) in [6.07, 6.45) is -0.778. The van der Waals surface area contributed by atoms with Gasteiger partial charge in [0.25, 0.3) is 0 Å². The van der Waals surface area contributed by atoms with Gasteiger partial charge in [-0.05, 0) is 12.1 Å². The lowest BCUT2D eigenvalue weighted by Crippen LogP contribution is -2.28. The molecule has 17 heavy (non-hydrogen) atoms. The van der Waals surface area contributed by atoms with Crippen molar-refractivity contribution in [3.05, 3.63) is 23.8 Å². The molecule has 2 rings (SSSR count). The summed E-state index contributed by atoms with van der Waals surface area (Å²) in [6, 6.07) is 5.05. The lowest BCUT2D eigenvalue weighted by molar-refractivity contribution is 0.155. The molecule has 4 N–H and O–H groups in total. The van der Waals surface area contributed by atoms with Gasteiger partial charge in [0.1, 0.15) is 24.7 Å². The first-order valence-electron chi connectivity index (χ1n) is 5.28. The van der Waals surface area contributed by atoms with Crippen LogP contribution in [0.3, 0.4) is 0 Å². The molecule has 0 spiro atoms. The normalized spacial score (nSPS) is 17.3. The average molecular weight is 238 g/mol. The van der Waals surface area contributed by atoms with Gasteiger partial charge in [0, 0.05) is 18.2 Å². The monoisotopic (exact) mass is 238 g/mol. The summed E-state index contributed by atoms with van der Waals surface area (Å²) >= 11 is 0. The highest BCUT2D eigenvalue weighted by Crippen LogP contribution is 2.34. The molecule has 1 aromatic carbocycles. The third-order valence-corrected chi connectivity index (χ3v) is 2.52. The summed E-state index contributed by atoms with van der Waals surface area (Å²) in [5.74, 6) is 0.861. The molecule has 1 aromatic rings. The van der Waals surface area contributed by atoms with Crippen molar-refractivity contribution in [3.63, 3.8) is 0 Å². The Morgan fingerprint density at radius 2 is 2.47 bits per heavy atom. The van der Waals surface area contributed by atoms with Gasteiger partial charge in [-0.3, -0.25) is 0 Å². The Bertz CT molecular complexity index is 422. The lowest BCUT2D eigenvalue weighted by atomic mass is 10.1. The number of nitrogens with one attached hydrogen (secondary N) is 1. The van der Waals surface area contributed by atoms with Gasteiger partial charge >= 0.3 is 6.09 Å². The third kappa shape index (κ3) is 2.79. The van der Waals surface area contributed by atoms with Gasteiger partial charge in [-0.1, -0.05) is 0 Å².